The van der Waals surface area contributed by atoms with E-state index in [4.69, 9.17) is 0 Å². The third kappa shape index (κ3) is 4.80. The van der Waals surface area contributed by atoms with Crippen LogP contribution in [-0.2, 0) is 10.0 Å². The highest BCUT2D eigenvalue weighted by molar-refractivity contribution is 7.89. The van der Waals surface area contributed by atoms with Gasteiger partial charge < -0.3 is 5.32 Å². The number of sulfonamides is 1. The number of rotatable bonds is 5. The third-order valence-corrected chi connectivity index (χ3v) is 4.80. The first-order valence-electron chi connectivity index (χ1n) is 6.11. The molecule has 1 saturated heterocycles. The topological polar surface area (TPSA) is 58.2 Å². The van der Waals surface area contributed by atoms with Gasteiger partial charge >= 0.3 is 0 Å². The Kier molecular flexibility index (Phi) is 5.21. The van der Waals surface area contributed by atoms with Gasteiger partial charge in [0.2, 0.25) is 10.0 Å². The fraction of sp³-hybridized carbons (Fsp3) is 1.00. The van der Waals surface area contributed by atoms with E-state index in [9.17, 15) is 8.42 Å². The lowest BCUT2D eigenvalue weighted by Crippen LogP contribution is -2.45. The van der Waals surface area contributed by atoms with E-state index in [0.29, 0.717) is 5.92 Å². The van der Waals surface area contributed by atoms with Gasteiger partial charge in [-0.05, 0) is 44.7 Å². The van der Waals surface area contributed by atoms with Crippen molar-refractivity contribution < 1.29 is 8.42 Å². The molecule has 0 amide bonds. The van der Waals surface area contributed by atoms with E-state index in [1.807, 2.05) is 20.8 Å². The Labute approximate surface area is 99.2 Å². The van der Waals surface area contributed by atoms with Crippen molar-refractivity contribution in [2.45, 2.75) is 39.7 Å². The van der Waals surface area contributed by atoms with Crippen LogP contribution in [0.3, 0.4) is 0 Å². The lowest BCUT2D eigenvalue weighted by atomic mass is 9.94. The molecule has 0 saturated carbocycles. The van der Waals surface area contributed by atoms with Gasteiger partial charge in [0.25, 0.3) is 0 Å². The van der Waals surface area contributed by atoms with Crippen LogP contribution in [-0.4, -0.2) is 33.3 Å². The Morgan fingerprint density at radius 2 is 2.06 bits per heavy atom. The van der Waals surface area contributed by atoms with Crippen LogP contribution in [0.4, 0.5) is 0 Å². The van der Waals surface area contributed by atoms with Crippen molar-refractivity contribution >= 4 is 10.0 Å². The second-order valence-electron chi connectivity index (χ2n) is 5.19. The summed E-state index contributed by atoms with van der Waals surface area (Å²) in [5.41, 5.74) is 0. The van der Waals surface area contributed by atoms with Gasteiger partial charge in [-0.25, -0.2) is 13.1 Å². The summed E-state index contributed by atoms with van der Waals surface area (Å²) >= 11 is 0. The monoisotopic (exact) mass is 248 g/mol. The first kappa shape index (κ1) is 13.9. The van der Waals surface area contributed by atoms with Gasteiger partial charge in [0.05, 0.1) is 5.75 Å². The Morgan fingerprint density at radius 1 is 1.38 bits per heavy atom. The van der Waals surface area contributed by atoms with Gasteiger partial charge in [-0.1, -0.05) is 13.8 Å². The first-order valence-corrected chi connectivity index (χ1v) is 7.76. The molecule has 0 radical (unpaired) electrons. The summed E-state index contributed by atoms with van der Waals surface area (Å²) in [6.07, 6.45) is 2.25. The Morgan fingerprint density at radius 3 is 2.56 bits per heavy atom. The van der Waals surface area contributed by atoms with Crippen molar-refractivity contribution in [1.29, 1.82) is 0 Å². The summed E-state index contributed by atoms with van der Waals surface area (Å²) in [6.45, 7) is 7.79. The highest BCUT2D eigenvalue weighted by atomic mass is 32.2. The Balaban J connectivity index is 2.45. The molecule has 4 nitrogen and oxygen atoms in total. The maximum Gasteiger partial charge on any atom is 0.212 e. The average molecular weight is 248 g/mol. The van der Waals surface area contributed by atoms with Crippen molar-refractivity contribution in [3.05, 3.63) is 0 Å². The fourth-order valence-corrected chi connectivity index (χ4v) is 3.90. The molecule has 0 aromatic rings. The van der Waals surface area contributed by atoms with Crippen molar-refractivity contribution in [2.75, 3.05) is 18.8 Å². The summed E-state index contributed by atoms with van der Waals surface area (Å²) in [7, 11) is -3.11. The molecule has 0 aliphatic carbocycles. The number of hydrogen-bond acceptors (Lipinski definition) is 3. The predicted molar refractivity (Wildman–Crippen MR) is 66.8 cm³/mol. The molecule has 5 heteroatoms. The van der Waals surface area contributed by atoms with Crippen LogP contribution in [0.25, 0.3) is 0 Å². The Hall–Kier alpha value is -0.130. The van der Waals surface area contributed by atoms with Gasteiger partial charge in [-0.2, -0.15) is 0 Å². The van der Waals surface area contributed by atoms with Crippen LogP contribution in [0.5, 0.6) is 0 Å². The van der Waals surface area contributed by atoms with E-state index >= 15 is 0 Å². The van der Waals surface area contributed by atoms with Gasteiger partial charge in [-0.3, -0.25) is 0 Å². The van der Waals surface area contributed by atoms with Gasteiger partial charge in [0.1, 0.15) is 0 Å². The van der Waals surface area contributed by atoms with Gasteiger partial charge in [0, 0.05) is 6.04 Å². The van der Waals surface area contributed by atoms with Crippen LogP contribution >= 0.6 is 0 Å². The minimum atomic E-state index is -3.11. The minimum Gasteiger partial charge on any atom is -0.316 e. The molecule has 2 unspecified atom stereocenters. The fourth-order valence-electron chi connectivity index (χ4n) is 2.17. The molecule has 0 aromatic carbocycles. The summed E-state index contributed by atoms with van der Waals surface area (Å²) in [5.74, 6) is 0.821. The summed E-state index contributed by atoms with van der Waals surface area (Å²) in [6, 6.07) is 0.0385. The zero-order valence-corrected chi connectivity index (χ0v) is 11.3. The highest BCUT2D eigenvalue weighted by Crippen LogP contribution is 2.15. The van der Waals surface area contributed by atoms with Crippen molar-refractivity contribution in [3.63, 3.8) is 0 Å². The molecule has 1 aliphatic rings. The van der Waals surface area contributed by atoms with Crippen molar-refractivity contribution in [1.82, 2.24) is 10.0 Å². The first-order chi connectivity index (χ1) is 7.41. The highest BCUT2D eigenvalue weighted by Gasteiger charge is 2.24. The van der Waals surface area contributed by atoms with E-state index in [2.05, 4.69) is 10.0 Å². The molecule has 16 heavy (non-hydrogen) atoms. The zero-order valence-electron chi connectivity index (χ0n) is 10.5. The molecule has 96 valence electrons. The summed E-state index contributed by atoms with van der Waals surface area (Å²) in [5, 5.41) is 3.31. The van der Waals surface area contributed by atoms with Gasteiger partial charge in [0.15, 0.2) is 0 Å². The molecule has 1 heterocycles. The van der Waals surface area contributed by atoms with E-state index in [1.165, 1.54) is 0 Å². The lowest BCUT2D eigenvalue weighted by molar-refractivity contribution is 0.320. The normalized spacial score (nSPS) is 24.6. The van der Waals surface area contributed by atoms with E-state index in [0.717, 1.165) is 25.9 Å². The largest absolute Gasteiger partial charge is 0.316 e. The molecule has 1 fully saturated rings. The minimum absolute atomic E-state index is 0.0385. The van der Waals surface area contributed by atoms with E-state index in [1.54, 1.807) is 0 Å². The quantitative estimate of drug-likeness (QED) is 0.761. The standard InChI is InChI=1S/C11H24N2O2S/c1-9(2)8-16(14,15)13-10(3)11-5-4-6-12-7-11/h9-13H,4-8H2,1-3H3. The lowest BCUT2D eigenvalue weighted by Gasteiger charge is -2.28. The second kappa shape index (κ2) is 5.98. The molecular weight excluding hydrogens is 224 g/mol. The maximum atomic E-state index is 11.8. The van der Waals surface area contributed by atoms with Gasteiger partial charge in [-0.15, -0.1) is 0 Å². The molecule has 2 N–H and O–H groups in total. The molecule has 1 rings (SSSR count). The number of nitrogens with one attached hydrogen (secondary N) is 2. The van der Waals surface area contributed by atoms with Crippen molar-refractivity contribution in [2.24, 2.45) is 11.8 Å². The smallest absolute Gasteiger partial charge is 0.212 e. The van der Waals surface area contributed by atoms with Crippen LogP contribution in [0.1, 0.15) is 33.6 Å². The van der Waals surface area contributed by atoms with E-state index in [-0.39, 0.29) is 17.7 Å². The number of piperidine rings is 1. The molecule has 0 aromatic heterocycles. The molecule has 1 aliphatic heterocycles. The predicted octanol–water partition coefficient (Wildman–Crippen LogP) is 0.950. The average Bonchev–Trinajstić information content (AvgIpc) is 2.16. The second-order valence-corrected chi connectivity index (χ2v) is 6.99. The molecular formula is C11H24N2O2S. The SMILES string of the molecule is CC(C)CS(=O)(=O)NC(C)C1CCCNC1. The van der Waals surface area contributed by atoms with Crippen LogP contribution in [0.2, 0.25) is 0 Å². The van der Waals surface area contributed by atoms with Crippen LogP contribution < -0.4 is 10.0 Å². The third-order valence-electron chi connectivity index (χ3n) is 2.96. The summed E-state index contributed by atoms with van der Waals surface area (Å²) in [4.78, 5) is 0. The van der Waals surface area contributed by atoms with E-state index < -0.39 is 10.0 Å². The van der Waals surface area contributed by atoms with Crippen LogP contribution in [0.15, 0.2) is 0 Å². The zero-order chi connectivity index (χ0) is 12.2. The summed E-state index contributed by atoms with van der Waals surface area (Å²) < 4.78 is 26.3. The molecule has 2 atom stereocenters. The number of hydrogen-bond donors (Lipinski definition) is 2. The maximum absolute atomic E-state index is 11.8. The molecule has 0 bridgehead atoms. The van der Waals surface area contributed by atoms with Crippen molar-refractivity contribution in [3.8, 4) is 0 Å². The Bertz CT molecular complexity index is 295. The molecule has 0 spiro atoms. The van der Waals surface area contributed by atoms with Crippen LogP contribution in [0, 0.1) is 11.8 Å².